The molecule has 5 heteroatoms. The van der Waals surface area contributed by atoms with E-state index < -0.39 is 0 Å². The van der Waals surface area contributed by atoms with E-state index in [1.165, 1.54) is 8.27 Å². The van der Waals surface area contributed by atoms with Crippen molar-refractivity contribution < 1.29 is 0 Å². The fourth-order valence-corrected chi connectivity index (χ4v) is 3.58. The van der Waals surface area contributed by atoms with E-state index in [-0.39, 0.29) is 0 Å². The normalized spacial score (nSPS) is 10.8. The number of para-hydroxylation sites is 1. The van der Waals surface area contributed by atoms with Gasteiger partial charge in [-0.25, -0.2) is 4.98 Å². The summed E-state index contributed by atoms with van der Waals surface area (Å²) in [4.78, 5) is 4.57. The van der Waals surface area contributed by atoms with Crippen LogP contribution in [0.3, 0.4) is 0 Å². The average molecular weight is 431 g/mol. The van der Waals surface area contributed by atoms with Gasteiger partial charge in [0.05, 0.1) is 15.9 Å². The van der Waals surface area contributed by atoms with Crippen molar-refractivity contribution in [2.24, 2.45) is 0 Å². The Hall–Kier alpha value is -0.660. The first-order chi connectivity index (χ1) is 8.72. The minimum atomic E-state index is 0.923. The highest BCUT2D eigenvalue weighted by Crippen LogP contribution is 2.31. The summed E-state index contributed by atoms with van der Waals surface area (Å²) < 4.78 is 3.45. The van der Waals surface area contributed by atoms with E-state index in [1.807, 2.05) is 24.3 Å². The lowest BCUT2D eigenvalue weighted by atomic mass is 10.3. The van der Waals surface area contributed by atoms with Gasteiger partial charge in [-0.1, -0.05) is 39.4 Å². The van der Waals surface area contributed by atoms with Gasteiger partial charge in [0.1, 0.15) is 0 Å². The maximum Gasteiger partial charge on any atom is 0.188 e. The number of nitrogens with one attached hydrogen (secondary N) is 1. The Kier molecular flexibility index (Phi) is 3.54. The summed E-state index contributed by atoms with van der Waals surface area (Å²) in [5, 5.41) is 4.29. The fraction of sp³-hybridized carbons (Fsp3) is 0. The molecule has 0 saturated heterocycles. The van der Waals surface area contributed by atoms with E-state index in [0.717, 1.165) is 20.8 Å². The van der Waals surface area contributed by atoms with Crippen LogP contribution < -0.4 is 5.32 Å². The Balaban J connectivity index is 1.98. The van der Waals surface area contributed by atoms with E-state index in [2.05, 4.69) is 67.0 Å². The quantitative estimate of drug-likeness (QED) is 0.550. The zero-order chi connectivity index (χ0) is 12.5. The molecule has 0 fully saturated rings. The van der Waals surface area contributed by atoms with Crippen LogP contribution in [0, 0.1) is 3.57 Å². The Morgan fingerprint density at radius 3 is 2.83 bits per heavy atom. The molecule has 0 atom stereocenters. The van der Waals surface area contributed by atoms with Crippen molar-refractivity contribution in [3.63, 3.8) is 0 Å². The van der Waals surface area contributed by atoms with Gasteiger partial charge in [-0.15, -0.1) is 0 Å². The van der Waals surface area contributed by atoms with Gasteiger partial charge in [-0.3, -0.25) is 0 Å². The largest absolute Gasteiger partial charge is 0.331 e. The van der Waals surface area contributed by atoms with Crippen molar-refractivity contribution in [3.05, 3.63) is 50.5 Å². The number of hydrogen-bond acceptors (Lipinski definition) is 3. The predicted octanol–water partition coefficient (Wildman–Crippen LogP) is 5.41. The number of hydrogen-bond donors (Lipinski definition) is 1. The number of benzene rings is 2. The van der Waals surface area contributed by atoms with E-state index >= 15 is 0 Å². The zero-order valence-electron chi connectivity index (χ0n) is 9.15. The van der Waals surface area contributed by atoms with Crippen LogP contribution in [0.5, 0.6) is 0 Å². The molecule has 0 spiro atoms. The summed E-state index contributed by atoms with van der Waals surface area (Å²) in [6.45, 7) is 0. The maximum absolute atomic E-state index is 4.57. The van der Waals surface area contributed by atoms with Crippen molar-refractivity contribution in [3.8, 4) is 0 Å². The van der Waals surface area contributed by atoms with Gasteiger partial charge in [0, 0.05) is 8.04 Å². The Labute approximate surface area is 131 Å². The van der Waals surface area contributed by atoms with Crippen molar-refractivity contribution in [2.75, 3.05) is 5.32 Å². The molecule has 1 N–H and O–H groups in total. The first-order valence-corrected chi connectivity index (χ1v) is 7.99. The first kappa shape index (κ1) is 12.4. The van der Waals surface area contributed by atoms with Gasteiger partial charge in [0.25, 0.3) is 0 Å². The molecule has 3 rings (SSSR count). The second-order valence-corrected chi connectivity index (χ2v) is 6.84. The highest BCUT2D eigenvalue weighted by atomic mass is 127. The van der Waals surface area contributed by atoms with Crippen LogP contribution in [0.2, 0.25) is 0 Å². The van der Waals surface area contributed by atoms with E-state index in [9.17, 15) is 0 Å². The monoisotopic (exact) mass is 430 g/mol. The molecule has 1 heterocycles. The molecule has 0 aliphatic heterocycles. The third kappa shape index (κ3) is 2.53. The SMILES string of the molecule is Brc1ccc2nc(Nc3ccccc3I)sc2c1. The molecular formula is C13H8BrIN2S. The van der Waals surface area contributed by atoms with E-state index in [4.69, 9.17) is 0 Å². The number of halogens is 2. The molecule has 0 saturated carbocycles. The molecule has 0 aliphatic carbocycles. The van der Waals surface area contributed by atoms with Gasteiger partial charge < -0.3 is 5.32 Å². The van der Waals surface area contributed by atoms with Gasteiger partial charge >= 0.3 is 0 Å². The minimum absolute atomic E-state index is 0.923. The van der Waals surface area contributed by atoms with Gasteiger partial charge in [0.15, 0.2) is 5.13 Å². The van der Waals surface area contributed by atoms with Crippen LogP contribution in [0.25, 0.3) is 10.2 Å². The molecule has 0 unspecified atom stereocenters. The summed E-state index contributed by atoms with van der Waals surface area (Å²) in [7, 11) is 0. The van der Waals surface area contributed by atoms with Crippen LogP contribution in [0.4, 0.5) is 10.8 Å². The van der Waals surface area contributed by atoms with Gasteiger partial charge in [-0.2, -0.15) is 0 Å². The number of thiazole rings is 1. The molecule has 90 valence electrons. The van der Waals surface area contributed by atoms with Crippen molar-refractivity contribution in [1.29, 1.82) is 0 Å². The van der Waals surface area contributed by atoms with Crippen molar-refractivity contribution >= 4 is 70.9 Å². The molecule has 18 heavy (non-hydrogen) atoms. The molecule has 3 aromatic rings. The first-order valence-electron chi connectivity index (χ1n) is 5.30. The van der Waals surface area contributed by atoms with E-state index in [0.29, 0.717) is 0 Å². The van der Waals surface area contributed by atoms with Crippen LogP contribution in [0.1, 0.15) is 0 Å². The molecule has 2 aromatic carbocycles. The third-order valence-electron chi connectivity index (χ3n) is 2.47. The number of fused-ring (bicyclic) bond motifs is 1. The molecule has 0 radical (unpaired) electrons. The molecule has 1 aromatic heterocycles. The second kappa shape index (κ2) is 5.14. The molecule has 0 bridgehead atoms. The number of anilines is 2. The number of aromatic nitrogens is 1. The fourth-order valence-electron chi connectivity index (χ4n) is 1.63. The molecule has 0 aliphatic rings. The maximum atomic E-state index is 4.57. The number of nitrogens with zero attached hydrogens (tertiary/aromatic N) is 1. The molecule has 0 amide bonds. The summed E-state index contributed by atoms with van der Waals surface area (Å²) >= 11 is 7.45. The van der Waals surface area contributed by atoms with Crippen molar-refractivity contribution in [2.45, 2.75) is 0 Å². The highest BCUT2D eigenvalue weighted by molar-refractivity contribution is 14.1. The molecular weight excluding hydrogens is 423 g/mol. The predicted molar refractivity (Wildman–Crippen MR) is 89.8 cm³/mol. The summed E-state index contributed by atoms with van der Waals surface area (Å²) in [6, 6.07) is 14.3. The summed E-state index contributed by atoms with van der Waals surface area (Å²) in [6.07, 6.45) is 0. The Bertz CT molecular complexity index is 711. The van der Waals surface area contributed by atoms with Crippen LogP contribution >= 0.6 is 49.9 Å². The lowest BCUT2D eigenvalue weighted by Crippen LogP contribution is -1.91. The smallest absolute Gasteiger partial charge is 0.188 e. The van der Waals surface area contributed by atoms with Crippen LogP contribution in [0.15, 0.2) is 46.9 Å². The molecule has 2 nitrogen and oxygen atoms in total. The number of rotatable bonds is 2. The van der Waals surface area contributed by atoms with Gasteiger partial charge in [-0.05, 0) is 52.9 Å². The highest BCUT2D eigenvalue weighted by Gasteiger charge is 2.05. The minimum Gasteiger partial charge on any atom is -0.331 e. The van der Waals surface area contributed by atoms with E-state index in [1.54, 1.807) is 11.3 Å². The van der Waals surface area contributed by atoms with Gasteiger partial charge in [0.2, 0.25) is 0 Å². The lowest BCUT2D eigenvalue weighted by Gasteiger charge is -2.03. The Morgan fingerprint density at radius 1 is 1.17 bits per heavy atom. The zero-order valence-corrected chi connectivity index (χ0v) is 13.7. The van der Waals surface area contributed by atoms with Crippen molar-refractivity contribution in [1.82, 2.24) is 4.98 Å². The third-order valence-corrected chi connectivity index (χ3v) is 4.83. The Morgan fingerprint density at radius 2 is 2.00 bits per heavy atom. The van der Waals surface area contributed by atoms with Crippen LogP contribution in [-0.2, 0) is 0 Å². The standard InChI is InChI=1S/C13H8BrIN2S/c14-8-5-6-11-12(7-8)18-13(17-11)16-10-4-2-1-3-9(10)15/h1-7H,(H,16,17). The summed E-state index contributed by atoms with van der Waals surface area (Å²) in [5.41, 5.74) is 2.12. The van der Waals surface area contributed by atoms with Crippen LogP contribution in [-0.4, -0.2) is 4.98 Å². The second-order valence-electron chi connectivity index (χ2n) is 3.74. The summed E-state index contributed by atoms with van der Waals surface area (Å²) in [5.74, 6) is 0. The lowest BCUT2D eigenvalue weighted by molar-refractivity contribution is 1.43. The topological polar surface area (TPSA) is 24.9 Å². The average Bonchev–Trinajstić information content (AvgIpc) is 2.73.